The fourth-order valence-electron chi connectivity index (χ4n) is 4.41. The van der Waals surface area contributed by atoms with Crippen molar-refractivity contribution in [3.8, 4) is 5.75 Å². The number of methoxy groups -OCH3 is 1. The number of ether oxygens (including phenoxy) is 1. The Kier molecular flexibility index (Phi) is 4.98. The highest BCUT2D eigenvalue weighted by molar-refractivity contribution is 6.30. The van der Waals surface area contributed by atoms with Crippen molar-refractivity contribution in [1.82, 2.24) is 10.2 Å². The van der Waals surface area contributed by atoms with Crippen LogP contribution < -0.4 is 10.1 Å². The molecule has 2 atom stereocenters. The maximum absolute atomic E-state index is 6.26. The molecule has 4 heteroatoms. The summed E-state index contributed by atoms with van der Waals surface area (Å²) in [4.78, 5) is 2.62. The molecule has 2 aromatic carbocycles. The molecule has 0 aliphatic carbocycles. The van der Waals surface area contributed by atoms with Gasteiger partial charge in [0.25, 0.3) is 0 Å². The molecule has 3 aliphatic rings. The monoisotopic (exact) mass is 356 g/mol. The van der Waals surface area contributed by atoms with Gasteiger partial charge in [0.1, 0.15) is 5.75 Å². The zero-order valence-corrected chi connectivity index (χ0v) is 15.4. The highest BCUT2D eigenvalue weighted by Gasteiger charge is 2.42. The minimum Gasteiger partial charge on any atom is -0.497 e. The number of piperidine rings is 3. The number of nitrogens with zero attached hydrogens (tertiary/aromatic N) is 1. The quantitative estimate of drug-likeness (QED) is 0.865. The first-order valence-corrected chi connectivity index (χ1v) is 9.48. The number of nitrogens with one attached hydrogen (secondary N) is 1. The van der Waals surface area contributed by atoms with Gasteiger partial charge >= 0.3 is 0 Å². The van der Waals surface area contributed by atoms with Crippen LogP contribution in [0.1, 0.15) is 30.0 Å². The highest BCUT2D eigenvalue weighted by Crippen LogP contribution is 2.41. The van der Waals surface area contributed by atoms with Crippen molar-refractivity contribution in [2.45, 2.75) is 31.5 Å². The van der Waals surface area contributed by atoms with Gasteiger partial charge in [0.05, 0.1) is 13.2 Å². The summed E-state index contributed by atoms with van der Waals surface area (Å²) in [6.45, 7) is 3.28. The van der Waals surface area contributed by atoms with Crippen molar-refractivity contribution in [3.63, 3.8) is 0 Å². The predicted octanol–water partition coefficient (Wildman–Crippen LogP) is 4.27. The molecule has 2 aromatic rings. The molecule has 2 bridgehead atoms. The van der Waals surface area contributed by atoms with Crippen LogP contribution in [0.4, 0.5) is 0 Å². The second-order valence-corrected chi connectivity index (χ2v) is 7.56. The van der Waals surface area contributed by atoms with Crippen molar-refractivity contribution >= 4 is 11.6 Å². The van der Waals surface area contributed by atoms with Crippen LogP contribution in [0.25, 0.3) is 0 Å². The van der Waals surface area contributed by atoms with E-state index in [1.54, 1.807) is 7.11 Å². The average Bonchev–Trinajstić information content (AvgIpc) is 2.67. The Bertz CT molecular complexity index is 710. The summed E-state index contributed by atoms with van der Waals surface area (Å²) in [6.07, 6.45) is 2.58. The first kappa shape index (κ1) is 16.9. The lowest BCUT2D eigenvalue weighted by Crippen LogP contribution is -2.57. The molecule has 0 spiro atoms. The largest absolute Gasteiger partial charge is 0.497 e. The molecular weight excluding hydrogens is 332 g/mol. The summed E-state index contributed by atoms with van der Waals surface area (Å²) >= 11 is 6.26. The van der Waals surface area contributed by atoms with Gasteiger partial charge in [-0.2, -0.15) is 0 Å². The van der Waals surface area contributed by atoms with E-state index < -0.39 is 0 Å². The standard InChI is InChI=1S/C21H25ClN2O/c1-25-19-7-5-15(6-8-19)14-23-20-16-9-11-24(12-10-16)21(20)17-3-2-4-18(22)13-17/h2-8,13,16,20-21,23H,9-12,14H2,1H3. The van der Waals surface area contributed by atoms with E-state index in [1.807, 2.05) is 18.2 Å². The van der Waals surface area contributed by atoms with Crippen LogP contribution in [0, 0.1) is 5.92 Å². The zero-order valence-electron chi connectivity index (χ0n) is 14.6. The molecule has 3 fully saturated rings. The molecule has 3 nitrogen and oxygen atoms in total. The summed E-state index contributed by atoms with van der Waals surface area (Å²) in [7, 11) is 1.70. The molecule has 3 saturated heterocycles. The minimum atomic E-state index is 0.421. The molecule has 1 N–H and O–H groups in total. The Labute approximate surface area is 154 Å². The Morgan fingerprint density at radius 1 is 1.12 bits per heavy atom. The second-order valence-electron chi connectivity index (χ2n) is 7.13. The third kappa shape index (κ3) is 3.55. The molecule has 5 rings (SSSR count). The molecule has 2 unspecified atom stereocenters. The van der Waals surface area contributed by atoms with E-state index >= 15 is 0 Å². The number of rotatable bonds is 5. The summed E-state index contributed by atoms with van der Waals surface area (Å²) < 4.78 is 5.25. The maximum atomic E-state index is 6.26. The lowest BCUT2D eigenvalue weighted by molar-refractivity contribution is 0.0112. The summed E-state index contributed by atoms with van der Waals surface area (Å²) in [5.41, 5.74) is 2.63. The Morgan fingerprint density at radius 3 is 2.56 bits per heavy atom. The van der Waals surface area contributed by atoms with Gasteiger partial charge in [-0.25, -0.2) is 0 Å². The van der Waals surface area contributed by atoms with E-state index in [0.29, 0.717) is 12.1 Å². The van der Waals surface area contributed by atoms with Crippen LogP contribution in [0.15, 0.2) is 48.5 Å². The van der Waals surface area contributed by atoms with Crippen molar-refractivity contribution in [3.05, 3.63) is 64.7 Å². The molecule has 3 aliphatic heterocycles. The Balaban J connectivity index is 1.52. The second kappa shape index (κ2) is 7.36. The van der Waals surface area contributed by atoms with Crippen LogP contribution in [-0.2, 0) is 6.54 Å². The molecule has 0 radical (unpaired) electrons. The SMILES string of the molecule is COc1ccc(CNC2C3CCN(CC3)C2c2cccc(Cl)c2)cc1. The predicted molar refractivity (Wildman–Crippen MR) is 102 cm³/mol. The normalized spacial score (nSPS) is 28.1. The van der Waals surface area contributed by atoms with Crippen LogP contribution in [0.5, 0.6) is 5.75 Å². The summed E-state index contributed by atoms with van der Waals surface area (Å²) in [5, 5.41) is 4.68. The van der Waals surface area contributed by atoms with E-state index in [4.69, 9.17) is 16.3 Å². The number of hydrogen-bond acceptors (Lipinski definition) is 3. The van der Waals surface area contributed by atoms with E-state index in [-0.39, 0.29) is 0 Å². The van der Waals surface area contributed by atoms with Gasteiger partial charge in [0, 0.05) is 17.6 Å². The smallest absolute Gasteiger partial charge is 0.118 e. The van der Waals surface area contributed by atoms with E-state index in [0.717, 1.165) is 23.2 Å². The number of hydrogen-bond donors (Lipinski definition) is 1. The molecule has 25 heavy (non-hydrogen) atoms. The van der Waals surface area contributed by atoms with Crippen LogP contribution in [-0.4, -0.2) is 31.1 Å². The van der Waals surface area contributed by atoms with Gasteiger partial charge in [-0.3, -0.25) is 4.90 Å². The number of halogens is 1. The van der Waals surface area contributed by atoms with Gasteiger partial charge in [-0.05, 0) is 67.2 Å². The van der Waals surface area contributed by atoms with Crippen molar-refractivity contribution in [2.75, 3.05) is 20.2 Å². The molecule has 0 amide bonds. The van der Waals surface area contributed by atoms with Crippen LogP contribution in [0.2, 0.25) is 5.02 Å². The van der Waals surface area contributed by atoms with Crippen molar-refractivity contribution in [2.24, 2.45) is 5.92 Å². The lowest BCUT2D eigenvalue weighted by Gasteiger charge is -2.51. The zero-order chi connectivity index (χ0) is 17.2. The first-order chi connectivity index (χ1) is 12.2. The van der Waals surface area contributed by atoms with E-state index in [9.17, 15) is 0 Å². The van der Waals surface area contributed by atoms with E-state index in [2.05, 4.69) is 40.5 Å². The third-order valence-electron chi connectivity index (χ3n) is 5.71. The van der Waals surface area contributed by atoms with Gasteiger partial charge < -0.3 is 10.1 Å². The summed E-state index contributed by atoms with van der Waals surface area (Å²) in [5.74, 6) is 1.65. The van der Waals surface area contributed by atoms with Gasteiger partial charge in [0.2, 0.25) is 0 Å². The van der Waals surface area contributed by atoms with Crippen LogP contribution in [0.3, 0.4) is 0 Å². The first-order valence-electron chi connectivity index (χ1n) is 9.10. The topological polar surface area (TPSA) is 24.5 Å². The van der Waals surface area contributed by atoms with Gasteiger partial charge in [-0.1, -0.05) is 35.9 Å². The molecule has 132 valence electrons. The van der Waals surface area contributed by atoms with Crippen LogP contribution >= 0.6 is 11.6 Å². The van der Waals surface area contributed by atoms with Crippen molar-refractivity contribution < 1.29 is 4.74 Å². The molecular formula is C21H25ClN2O. The summed E-state index contributed by atoms with van der Waals surface area (Å²) in [6, 6.07) is 17.6. The minimum absolute atomic E-state index is 0.421. The fraction of sp³-hybridized carbons (Fsp3) is 0.429. The fourth-order valence-corrected chi connectivity index (χ4v) is 4.61. The molecule has 3 heterocycles. The number of fused-ring (bicyclic) bond motifs is 3. The lowest BCUT2D eigenvalue weighted by atomic mass is 9.76. The average molecular weight is 357 g/mol. The Hall–Kier alpha value is -1.55. The Morgan fingerprint density at radius 2 is 1.88 bits per heavy atom. The van der Waals surface area contributed by atoms with Gasteiger partial charge in [-0.15, -0.1) is 0 Å². The van der Waals surface area contributed by atoms with Crippen molar-refractivity contribution in [1.29, 1.82) is 0 Å². The third-order valence-corrected chi connectivity index (χ3v) is 5.94. The van der Waals surface area contributed by atoms with Gasteiger partial charge in [0.15, 0.2) is 0 Å². The highest BCUT2D eigenvalue weighted by atomic mass is 35.5. The molecule has 0 aromatic heterocycles. The number of benzene rings is 2. The molecule has 0 saturated carbocycles. The maximum Gasteiger partial charge on any atom is 0.118 e. The van der Waals surface area contributed by atoms with E-state index in [1.165, 1.54) is 37.1 Å².